The predicted octanol–water partition coefficient (Wildman–Crippen LogP) is 2.91. The number of hydrogen-bond acceptors (Lipinski definition) is 5. The van der Waals surface area contributed by atoms with Gasteiger partial charge < -0.3 is 14.2 Å². The average molecular weight is 358 g/mol. The molecule has 2 saturated heterocycles. The van der Waals surface area contributed by atoms with Crippen molar-refractivity contribution in [2.24, 2.45) is 17.8 Å². The van der Waals surface area contributed by atoms with Crippen LogP contribution in [0.25, 0.3) is 0 Å². The summed E-state index contributed by atoms with van der Waals surface area (Å²) in [4.78, 5) is 25.1. The van der Waals surface area contributed by atoms with Crippen molar-refractivity contribution in [3.63, 3.8) is 0 Å². The predicted molar refractivity (Wildman–Crippen MR) is 94.3 cm³/mol. The van der Waals surface area contributed by atoms with Crippen LogP contribution < -0.4 is 0 Å². The number of benzene rings is 1. The van der Waals surface area contributed by atoms with Crippen LogP contribution in [-0.4, -0.2) is 37.4 Å². The van der Waals surface area contributed by atoms with Crippen LogP contribution in [0.5, 0.6) is 0 Å². The summed E-state index contributed by atoms with van der Waals surface area (Å²) in [6.07, 6.45) is 4.67. The molecule has 5 nitrogen and oxygen atoms in total. The molecule has 2 heterocycles. The van der Waals surface area contributed by atoms with Crippen molar-refractivity contribution in [3.8, 4) is 0 Å². The van der Waals surface area contributed by atoms with Crippen molar-refractivity contribution in [1.29, 1.82) is 0 Å². The van der Waals surface area contributed by atoms with Crippen molar-refractivity contribution >= 4 is 11.8 Å². The highest BCUT2D eigenvalue weighted by molar-refractivity contribution is 6.00. The van der Waals surface area contributed by atoms with Crippen LogP contribution in [0.1, 0.15) is 37.7 Å². The normalized spacial score (nSPS) is 28.4. The van der Waals surface area contributed by atoms with Gasteiger partial charge in [-0.15, -0.1) is 0 Å². The van der Waals surface area contributed by atoms with Crippen molar-refractivity contribution in [2.75, 3.05) is 19.8 Å². The molecule has 1 saturated carbocycles. The van der Waals surface area contributed by atoms with Crippen LogP contribution in [0, 0.1) is 17.8 Å². The van der Waals surface area contributed by atoms with Gasteiger partial charge in [-0.3, -0.25) is 9.59 Å². The van der Waals surface area contributed by atoms with E-state index in [9.17, 15) is 9.59 Å². The second-order valence-corrected chi connectivity index (χ2v) is 7.78. The highest BCUT2D eigenvalue weighted by Crippen LogP contribution is 2.40. The first kappa shape index (κ1) is 17.7. The van der Waals surface area contributed by atoms with Gasteiger partial charge in [0.1, 0.15) is 11.7 Å². The molecule has 1 unspecified atom stereocenters. The first-order valence-corrected chi connectivity index (χ1v) is 9.66. The van der Waals surface area contributed by atoms with E-state index in [1.165, 1.54) is 0 Å². The zero-order valence-corrected chi connectivity index (χ0v) is 15.0. The number of ether oxygens (including phenoxy) is 3. The maximum atomic E-state index is 12.9. The van der Waals surface area contributed by atoms with E-state index in [1.807, 2.05) is 30.3 Å². The summed E-state index contributed by atoms with van der Waals surface area (Å²) in [5.74, 6) is -1.04. The minimum Gasteiger partial charge on any atom is -0.465 e. The summed E-state index contributed by atoms with van der Waals surface area (Å²) in [6.45, 7) is 1.68. The summed E-state index contributed by atoms with van der Waals surface area (Å²) in [5.41, 5.74) is 1.14. The van der Waals surface area contributed by atoms with E-state index >= 15 is 0 Å². The standard InChI is InChI=1S/C21H26O5/c22-18(13-16-6-8-21(9-7-16)25-10-11-26-21)19-17(14-24-20(19)23)12-15-4-2-1-3-5-15/h1-5,16-17,19H,6-14H2/t17-,19?/m0/s1. The van der Waals surface area contributed by atoms with Crippen LogP contribution in [0.15, 0.2) is 30.3 Å². The number of rotatable bonds is 5. The highest BCUT2D eigenvalue weighted by Gasteiger charge is 2.44. The first-order chi connectivity index (χ1) is 12.7. The second-order valence-electron chi connectivity index (χ2n) is 7.78. The number of carbonyl (C=O) groups is 2. The molecule has 3 fully saturated rings. The molecule has 3 aliphatic rings. The molecule has 2 atom stereocenters. The van der Waals surface area contributed by atoms with Crippen molar-refractivity contribution in [2.45, 2.75) is 44.3 Å². The zero-order chi connectivity index (χ0) is 18.0. The maximum absolute atomic E-state index is 12.9. The Kier molecular flexibility index (Phi) is 5.09. The Balaban J connectivity index is 1.34. The van der Waals surface area contributed by atoms with Gasteiger partial charge in [0.25, 0.3) is 0 Å². The molecule has 0 bridgehead atoms. The van der Waals surface area contributed by atoms with E-state index in [0.717, 1.165) is 31.2 Å². The molecule has 1 spiro atoms. The van der Waals surface area contributed by atoms with E-state index < -0.39 is 11.7 Å². The van der Waals surface area contributed by atoms with Crippen LogP contribution >= 0.6 is 0 Å². The van der Waals surface area contributed by atoms with Gasteiger partial charge in [-0.05, 0) is 30.7 Å². The fraction of sp³-hybridized carbons (Fsp3) is 0.619. The van der Waals surface area contributed by atoms with Crippen molar-refractivity contribution in [3.05, 3.63) is 35.9 Å². The Hall–Kier alpha value is -1.72. The number of Topliss-reactive ketones (excluding diaryl/α,β-unsaturated/α-hetero) is 1. The average Bonchev–Trinajstić information content (AvgIpc) is 3.25. The van der Waals surface area contributed by atoms with Crippen LogP contribution in [0.3, 0.4) is 0 Å². The minimum absolute atomic E-state index is 0.0441. The third-order valence-corrected chi connectivity index (χ3v) is 6.02. The Labute approximate surface area is 154 Å². The lowest BCUT2D eigenvalue weighted by Crippen LogP contribution is -2.36. The summed E-state index contributed by atoms with van der Waals surface area (Å²) in [5, 5.41) is 0. The molecule has 1 aromatic carbocycles. The van der Waals surface area contributed by atoms with Gasteiger partial charge in [-0.2, -0.15) is 0 Å². The van der Waals surface area contributed by atoms with E-state index in [0.29, 0.717) is 38.6 Å². The number of esters is 1. The lowest BCUT2D eigenvalue weighted by molar-refractivity contribution is -0.183. The molecule has 4 rings (SSSR count). The maximum Gasteiger partial charge on any atom is 0.316 e. The van der Waals surface area contributed by atoms with Crippen molar-refractivity contribution < 1.29 is 23.8 Å². The molecule has 0 N–H and O–H groups in total. The van der Waals surface area contributed by atoms with E-state index in [1.54, 1.807) is 0 Å². The van der Waals surface area contributed by atoms with Gasteiger partial charge in [0.2, 0.25) is 0 Å². The third-order valence-electron chi connectivity index (χ3n) is 6.02. The second kappa shape index (κ2) is 7.49. The largest absolute Gasteiger partial charge is 0.465 e. The van der Waals surface area contributed by atoms with Crippen LogP contribution in [0.4, 0.5) is 0 Å². The van der Waals surface area contributed by atoms with Crippen LogP contribution in [-0.2, 0) is 30.2 Å². The van der Waals surface area contributed by atoms with Gasteiger partial charge >= 0.3 is 5.97 Å². The molecule has 2 aliphatic heterocycles. The summed E-state index contributed by atoms with van der Waals surface area (Å²) in [7, 11) is 0. The smallest absolute Gasteiger partial charge is 0.316 e. The summed E-state index contributed by atoms with van der Waals surface area (Å²) < 4.78 is 16.7. The quantitative estimate of drug-likeness (QED) is 0.598. The fourth-order valence-corrected chi connectivity index (χ4v) is 4.57. The van der Waals surface area contributed by atoms with E-state index in [-0.39, 0.29) is 17.7 Å². The lowest BCUT2D eigenvalue weighted by Gasteiger charge is -2.35. The molecule has 1 aliphatic carbocycles. The number of carbonyl (C=O) groups excluding carboxylic acids is 2. The van der Waals surface area contributed by atoms with Gasteiger partial charge in [0.05, 0.1) is 19.8 Å². The molecule has 140 valence electrons. The Morgan fingerprint density at radius 3 is 2.46 bits per heavy atom. The minimum atomic E-state index is -0.606. The topological polar surface area (TPSA) is 61.8 Å². The molecule has 0 amide bonds. The van der Waals surface area contributed by atoms with Gasteiger partial charge in [-0.1, -0.05) is 30.3 Å². The fourth-order valence-electron chi connectivity index (χ4n) is 4.57. The van der Waals surface area contributed by atoms with Crippen LogP contribution in [0.2, 0.25) is 0 Å². The van der Waals surface area contributed by atoms with Gasteiger partial charge in [0, 0.05) is 25.2 Å². The third kappa shape index (κ3) is 3.69. The lowest BCUT2D eigenvalue weighted by atomic mass is 9.78. The summed E-state index contributed by atoms with van der Waals surface area (Å²) in [6, 6.07) is 10.00. The Bertz CT molecular complexity index is 640. The molecule has 5 heteroatoms. The number of cyclic esters (lactones) is 1. The monoisotopic (exact) mass is 358 g/mol. The molecular formula is C21H26O5. The molecule has 0 radical (unpaired) electrons. The first-order valence-electron chi connectivity index (χ1n) is 9.66. The highest BCUT2D eigenvalue weighted by atomic mass is 16.7. The molecular weight excluding hydrogens is 332 g/mol. The zero-order valence-electron chi connectivity index (χ0n) is 15.0. The summed E-state index contributed by atoms with van der Waals surface area (Å²) >= 11 is 0. The van der Waals surface area contributed by atoms with Crippen molar-refractivity contribution in [1.82, 2.24) is 0 Å². The number of ketones is 1. The molecule has 26 heavy (non-hydrogen) atoms. The molecule has 1 aromatic rings. The molecule has 0 aromatic heterocycles. The van der Waals surface area contributed by atoms with E-state index in [2.05, 4.69) is 0 Å². The SMILES string of the molecule is O=C(CC1CCC2(CC1)OCCO2)C1C(=O)OC[C@@H]1Cc1ccccc1. The Morgan fingerprint density at radius 2 is 1.77 bits per heavy atom. The van der Waals surface area contributed by atoms with E-state index in [4.69, 9.17) is 14.2 Å². The van der Waals surface area contributed by atoms with Gasteiger partial charge in [0.15, 0.2) is 5.79 Å². The number of hydrogen-bond donors (Lipinski definition) is 0. The van der Waals surface area contributed by atoms with Gasteiger partial charge in [-0.25, -0.2) is 0 Å². The Morgan fingerprint density at radius 1 is 1.08 bits per heavy atom.